The van der Waals surface area contributed by atoms with Crippen molar-refractivity contribution in [1.29, 1.82) is 0 Å². The van der Waals surface area contributed by atoms with Crippen LogP contribution in [0.1, 0.15) is 41.6 Å². The summed E-state index contributed by atoms with van der Waals surface area (Å²) in [4.78, 5) is 12.0. The standard InChI is InChI=1S/C14H21N3O/c1-10-8-12(6-7-13(10)17-15)14(18)16-9-11-4-2-3-5-11/h6-8,11,17H,2-5,9,15H2,1H3,(H,16,18). The second-order valence-electron chi connectivity index (χ2n) is 5.03. The Morgan fingerprint density at radius 2 is 2.11 bits per heavy atom. The van der Waals surface area contributed by atoms with Crippen LogP contribution in [0.4, 0.5) is 5.69 Å². The quantitative estimate of drug-likeness (QED) is 0.564. The van der Waals surface area contributed by atoms with E-state index in [1.807, 2.05) is 19.1 Å². The number of amides is 1. The zero-order valence-electron chi connectivity index (χ0n) is 10.8. The Balaban J connectivity index is 1.93. The zero-order valence-corrected chi connectivity index (χ0v) is 10.8. The first-order chi connectivity index (χ1) is 8.70. The van der Waals surface area contributed by atoms with Crippen LogP contribution in [0.25, 0.3) is 0 Å². The maximum Gasteiger partial charge on any atom is 0.251 e. The molecule has 4 heteroatoms. The van der Waals surface area contributed by atoms with Crippen molar-refractivity contribution in [2.75, 3.05) is 12.0 Å². The Bertz CT molecular complexity index is 425. The molecular weight excluding hydrogens is 226 g/mol. The van der Waals surface area contributed by atoms with Crippen LogP contribution in [0, 0.1) is 12.8 Å². The molecule has 0 aromatic heterocycles. The number of nitrogens with one attached hydrogen (secondary N) is 2. The van der Waals surface area contributed by atoms with Gasteiger partial charge >= 0.3 is 0 Å². The van der Waals surface area contributed by atoms with Gasteiger partial charge in [0.05, 0.1) is 5.69 Å². The van der Waals surface area contributed by atoms with E-state index in [9.17, 15) is 4.79 Å². The van der Waals surface area contributed by atoms with Crippen molar-refractivity contribution < 1.29 is 4.79 Å². The topological polar surface area (TPSA) is 67.2 Å². The Morgan fingerprint density at radius 3 is 2.72 bits per heavy atom. The molecule has 1 saturated carbocycles. The van der Waals surface area contributed by atoms with E-state index in [0.717, 1.165) is 17.8 Å². The molecule has 4 N–H and O–H groups in total. The average Bonchev–Trinajstić information content (AvgIpc) is 2.89. The molecule has 0 saturated heterocycles. The third-order valence-corrected chi connectivity index (χ3v) is 3.67. The monoisotopic (exact) mass is 247 g/mol. The first kappa shape index (κ1) is 12.9. The average molecular weight is 247 g/mol. The predicted molar refractivity (Wildman–Crippen MR) is 73.3 cm³/mol. The van der Waals surface area contributed by atoms with E-state index < -0.39 is 0 Å². The molecule has 0 atom stereocenters. The molecule has 98 valence electrons. The number of hydrogen-bond acceptors (Lipinski definition) is 3. The lowest BCUT2D eigenvalue weighted by atomic mass is 10.1. The first-order valence-electron chi connectivity index (χ1n) is 6.56. The van der Waals surface area contributed by atoms with E-state index in [2.05, 4.69) is 10.7 Å². The summed E-state index contributed by atoms with van der Waals surface area (Å²) in [6.45, 7) is 2.73. The summed E-state index contributed by atoms with van der Waals surface area (Å²) in [5, 5.41) is 3.01. The van der Waals surface area contributed by atoms with Crippen molar-refractivity contribution in [3.8, 4) is 0 Å². The summed E-state index contributed by atoms with van der Waals surface area (Å²) in [6.07, 6.45) is 5.09. The summed E-state index contributed by atoms with van der Waals surface area (Å²) < 4.78 is 0. The van der Waals surface area contributed by atoms with Gasteiger partial charge in [-0.25, -0.2) is 0 Å². The number of rotatable bonds is 4. The third kappa shape index (κ3) is 3.01. The maximum absolute atomic E-state index is 12.0. The molecule has 1 aromatic carbocycles. The van der Waals surface area contributed by atoms with Gasteiger partial charge in [-0.15, -0.1) is 0 Å². The van der Waals surface area contributed by atoms with Crippen molar-refractivity contribution in [3.63, 3.8) is 0 Å². The molecule has 0 radical (unpaired) electrons. The molecular formula is C14H21N3O. The van der Waals surface area contributed by atoms with Gasteiger partial charge in [-0.2, -0.15) is 0 Å². The fraction of sp³-hybridized carbons (Fsp3) is 0.500. The van der Waals surface area contributed by atoms with Gasteiger partial charge in [-0.05, 0) is 49.4 Å². The largest absolute Gasteiger partial charge is 0.352 e. The molecule has 1 fully saturated rings. The van der Waals surface area contributed by atoms with Crippen molar-refractivity contribution in [2.45, 2.75) is 32.6 Å². The van der Waals surface area contributed by atoms with Crippen molar-refractivity contribution >= 4 is 11.6 Å². The van der Waals surface area contributed by atoms with E-state index in [-0.39, 0.29) is 5.91 Å². The Hall–Kier alpha value is -1.55. The van der Waals surface area contributed by atoms with Crippen LogP contribution >= 0.6 is 0 Å². The van der Waals surface area contributed by atoms with Crippen LogP contribution in [0.2, 0.25) is 0 Å². The highest BCUT2D eigenvalue weighted by molar-refractivity contribution is 5.94. The van der Waals surface area contributed by atoms with Gasteiger partial charge in [0, 0.05) is 12.1 Å². The minimum atomic E-state index is 0.00794. The Kier molecular flexibility index (Phi) is 4.20. The highest BCUT2D eigenvalue weighted by Gasteiger charge is 2.16. The molecule has 0 heterocycles. The van der Waals surface area contributed by atoms with Gasteiger partial charge in [0.15, 0.2) is 0 Å². The fourth-order valence-electron chi connectivity index (χ4n) is 2.52. The Labute approximate surface area is 108 Å². The van der Waals surface area contributed by atoms with Gasteiger partial charge in [-0.1, -0.05) is 12.8 Å². The number of nitrogens with two attached hydrogens (primary N) is 1. The van der Waals surface area contributed by atoms with Crippen LogP contribution in [0.5, 0.6) is 0 Å². The van der Waals surface area contributed by atoms with E-state index in [4.69, 9.17) is 5.84 Å². The lowest BCUT2D eigenvalue weighted by Crippen LogP contribution is -2.28. The molecule has 1 aliphatic rings. The van der Waals surface area contributed by atoms with Crippen LogP contribution in [0.3, 0.4) is 0 Å². The zero-order chi connectivity index (χ0) is 13.0. The van der Waals surface area contributed by atoms with Gasteiger partial charge in [0.2, 0.25) is 0 Å². The Morgan fingerprint density at radius 1 is 1.39 bits per heavy atom. The van der Waals surface area contributed by atoms with Gasteiger partial charge in [0.1, 0.15) is 0 Å². The highest BCUT2D eigenvalue weighted by Crippen LogP contribution is 2.23. The van der Waals surface area contributed by atoms with Gasteiger partial charge < -0.3 is 10.7 Å². The molecule has 0 aliphatic heterocycles. The second-order valence-corrected chi connectivity index (χ2v) is 5.03. The number of anilines is 1. The van der Waals surface area contributed by atoms with Crippen molar-refractivity contribution in [3.05, 3.63) is 29.3 Å². The molecule has 2 rings (SSSR count). The van der Waals surface area contributed by atoms with E-state index in [1.165, 1.54) is 25.7 Å². The van der Waals surface area contributed by atoms with Gasteiger partial charge in [0.25, 0.3) is 5.91 Å². The summed E-state index contributed by atoms with van der Waals surface area (Å²) in [6, 6.07) is 5.49. The summed E-state index contributed by atoms with van der Waals surface area (Å²) in [7, 11) is 0. The lowest BCUT2D eigenvalue weighted by Gasteiger charge is -2.12. The normalized spacial score (nSPS) is 15.7. The van der Waals surface area contributed by atoms with Crippen LogP contribution in [-0.2, 0) is 0 Å². The summed E-state index contributed by atoms with van der Waals surface area (Å²) >= 11 is 0. The molecule has 18 heavy (non-hydrogen) atoms. The van der Waals surface area contributed by atoms with Crippen LogP contribution < -0.4 is 16.6 Å². The van der Waals surface area contributed by atoms with Crippen molar-refractivity contribution in [2.24, 2.45) is 11.8 Å². The number of hydrazine groups is 1. The summed E-state index contributed by atoms with van der Waals surface area (Å²) in [5.74, 6) is 6.04. The number of carbonyl (C=O) groups excluding carboxylic acids is 1. The minimum absolute atomic E-state index is 0.00794. The smallest absolute Gasteiger partial charge is 0.251 e. The number of aryl methyl sites for hydroxylation is 1. The molecule has 4 nitrogen and oxygen atoms in total. The van der Waals surface area contributed by atoms with Crippen LogP contribution in [0.15, 0.2) is 18.2 Å². The summed E-state index contributed by atoms with van der Waals surface area (Å²) in [5.41, 5.74) is 5.13. The molecule has 1 aromatic rings. The van der Waals surface area contributed by atoms with E-state index in [1.54, 1.807) is 6.07 Å². The number of nitrogen functional groups attached to an aromatic ring is 1. The fourth-order valence-corrected chi connectivity index (χ4v) is 2.52. The van der Waals surface area contributed by atoms with Crippen LogP contribution in [-0.4, -0.2) is 12.5 Å². The molecule has 0 spiro atoms. The minimum Gasteiger partial charge on any atom is -0.352 e. The number of carbonyl (C=O) groups is 1. The molecule has 0 unspecified atom stereocenters. The third-order valence-electron chi connectivity index (χ3n) is 3.67. The molecule has 0 bridgehead atoms. The molecule has 1 aliphatic carbocycles. The predicted octanol–water partition coefficient (Wildman–Crippen LogP) is 2.20. The van der Waals surface area contributed by atoms with E-state index >= 15 is 0 Å². The highest BCUT2D eigenvalue weighted by atomic mass is 16.1. The number of benzene rings is 1. The number of hydrogen-bond donors (Lipinski definition) is 3. The SMILES string of the molecule is Cc1cc(C(=O)NCC2CCCC2)ccc1NN. The van der Waals surface area contributed by atoms with E-state index in [0.29, 0.717) is 11.5 Å². The van der Waals surface area contributed by atoms with Crippen molar-refractivity contribution in [1.82, 2.24) is 5.32 Å². The maximum atomic E-state index is 12.0. The molecule has 1 amide bonds. The van der Waals surface area contributed by atoms with Gasteiger partial charge in [-0.3, -0.25) is 10.6 Å². The lowest BCUT2D eigenvalue weighted by molar-refractivity contribution is 0.0947. The first-order valence-corrected chi connectivity index (χ1v) is 6.56. The second kappa shape index (κ2) is 5.87.